The maximum atomic E-state index is 11.4. The van der Waals surface area contributed by atoms with Crippen molar-refractivity contribution in [1.82, 2.24) is 5.32 Å². The Morgan fingerprint density at radius 2 is 2.18 bits per heavy atom. The van der Waals surface area contributed by atoms with Crippen LogP contribution in [0.2, 0.25) is 0 Å². The lowest BCUT2D eigenvalue weighted by Crippen LogP contribution is -2.31. The molecule has 6 heteroatoms. The number of carbonyl (C=O) groups excluding carboxylic acids is 2. The van der Waals surface area contributed by atoms with Crippen LogP contribution in [0.1, 0.15) is 24.4 Å². The van der Waals surface area contributed by atoms with Gasteiger partial charge < -0.3 is 14.5 Å². The minimum Gasteiger partial charge on any atom is -0.450 e. The van der Waals surface area contributed by atoms with Gasteiger partial charge in [-0.05, 0) is 34.0 Å². The molecule has 1 heterocycles. The molecule has 0 aliphatic heterocycles. The second kappa shape index (κ2) is 6.44. The number of furan rings is 1. The first-order valence-electron chi connectivity index (χ1n) is 5.18. The molecule has 94 valence electrons. The zero-order valence-corrected chi connectivity index (χ0v) is 11.2. The summed E-state index contributed by atoms with van der Waals surface area (Å²) in [7, 11) is 0. The van der Waals surface area contributed by atoms with Crippen LogP contribution in [0.5, 0.6) is 0 Å². The summed E-state index contributed by atoms with van der Waals surface area (Å²) in [6.07, 6.45) is 0. The van der Waals surface area contributed by atoms with Crippen LogP contribution in [0, 0.1) is 5.92 Å². The number of carbonyl (C=O) groups is 2. The van der Waals surface area contributed by atoms with Crippen molar-refractivity contribution in [3.63, 3.8) is 0 Å². The second-order valence-electron chi connectivity index (χ2n) is 3.88. The van der Waals surface area contributed by atoms with Crippen LogP contribution in [0.25, 0.3) is 0 Å². The lowest BCUT2D eigenvalue weighted by Gasteiger charge is -2.07. The van der Waals surface area contributed by atoms with E-state index >= 15 is 0 Å². The Balaban J connectivity index is 2.31. The number of hydrogen-bond acceptors (Lipinski definition) is 4. The summed E-state index contributed by atoms with van der Waals surface area (Å²) in [6, 6.07) is 3.05. The van der Waals surface area contributed by atoms with Crippen molar-refractivity contribution in [3.8, 4) is 0 Å². The Hall–Kier alpha value is -1.30. The lowest BCUT2D eigenvalue weighted by molar-refractivity contribution is -0.124. The van der Waals surface area contributed by atoms with Crippen LogP contribution in [0.15, 0.2) is 21.2 Å². The van der Waals surface area contributed by atoms with Crippen LogP contribution >= 0.6 is 15.9 Å². The fourth-order valence-electron chi connectivity index (χ4n) is 0.995. The molecule has 0 aromatic carbocycles. The topological polar surface area (TPSA) is 68.5 Å². The molecule has 0 saturated carbocycles. The predicted molar refractivity (Wildman–Crippen MR) is 64.5 cm³/mol. The van der Waals surface area contributed by atoms with Crippen molar-refractivity contribution in [2.24, 2.45) is 5.92 Å². The van der Waals surface area contributed by atoms with E-state index in [-0.39, 0.29) is 18.3 Å². The van der Waals surface area contributed by atoms with E-state index in [9.17, 15) is 9.59 Å². The molecular formula is C11H14BrNO4. The lowest BCUT2D eigenvalue weighted by atomic mass is 10.2. The van der Waals surface area contributed by atoms with Crippen molar-refractivity contribution >= 4 is 27.8 Å². The molecule has 0 bridgehead atoms. The highest BCUT2D eigenvalue weighted by Gasteiger charge is 2.13. The number of nitrogens with one attached hydrogen (secondary N) is 1. The molecule has 5 nitrogen and oxygen atoms in total. The molecule has 0 unspecified atom stereocenters. The second-order valence-corrected chi connectivity index (χ2v) is 4.66. The molecule has 0 saturated heterocycles. The first-order chi connectivity index (χ1) is 7.99. The number of amides is 1. The van der Waals surface area contributed by atoms with Gasteiger partial charge in [-0.3, -0.25) is 4.79 Å². The third kappa shape index (κ3) is 5.04. The molecule has 1 amide bonds. The van der Waals surface area contributed by atoms with Crippen LogP contribution in [-0.4, -0.2) is 25.0 Å². The minimum absolute atomic E-state index is 0.0635. The van der Waals surface area contributed by atoms with E-state index in [2.05, 4.69) is 21.2 Å². The average molecular weight is 304 g/mol. The largest absolute Gasteiger partial charge is 0.450 e. The maximum absolute atomic E-state index is 11.4. The minimum atomic E-state index is -0.657. The monoisotopic (exact) mass is 303 g/mol. The Bertz CT molecular complexity index is 400. The Labute approximate surface area is 108 Å². The molecule has 0 aliphatic carbocycles. The highest BCUT2D eigenvalue weighted by Crippen LogP contribution is 2.14. The van der Waals surface area contributed by atoms with E-state index in [0.717, 1.165) is 0 Å². The predicted octanol–water partition coefficient (Wildman–Crippen LogP) is 1.97. The summed E-state index contributed by atoms with van der Waals surface area (Å²) < 4.78 is 10.2. The van der Waals surface area contributed by atoms with Gasteiger partial charge in [0, 0.05) is 6.54 Å². The summed E-state index contributed by atoms with van der Waals surface area (Å²) in [5.74, 6) is -0.558. The molecule has 0 spiro atoms. The first-order valence-corrected chi connectivity index (χ1v) is 5.97. The number of ether oxygens (including phenoxy) is 1. The van der Waals surface area contributed by atoms with E-state index in [4.69, 9.17) is 9.15 Å². The van der Waals surface area contributed by atoms with Crippen LogP contribution < -0.4 is 5.32 Å². The van der Waals surface area contributed by atoms with Gasteiger partial charge in [-0.25, -0.2) is 4.79 Å². The number of halogens is 1. The number of hydrogen-bond donors (Lipinski definition) is 1. The maximum Gasteiger partial charge on any atom is 0.374 e. The molecular weight excluding hydrogens is 290 g/mol. The van der Waals surface area contributed by atoms with Crippen molar-refractivity contribution in [3.05, 3.63) is 22.6 Å². The third-order valence-corrected chi connectivity index (χ3v) is 2.24. The highest BCUT2D eigenvalue weighted by atomic mass is 79.9. The third-order valence-electron chi connectivity index (χ3n) is 1.82. The summed E-state index contributed by atoms with van der Waals surface area (Å²) in [5.41, 5.74) is 0. The Morgan fingerprint density at radius 1 is 1.47 bits per heavy atom. The van der Waals surface area contributed by atoms with Gasteiger partial charge in [0.15, 0.2) is 11.3 Å². The molecule has 1 N–H and O–H groups in total. The van der Waals surface area contributed by atoms with Gasteiger partial charge in [0.1, 0.15) is 0 Å². The molecule has 0 aliphatic rings. The van der Waals surface area contributed by atoms with E-state index in [1.165, 1.54) is 6.07 Å². The van der Waals surface area contributed by atoms with Gasteiger partial charge in [-0.1, -0.05) is 13.8 Å². The highest BCUT2D eigenvalue weighted by molar-refractivity contribution is 9.10. The van der Waals surface area contributed by atoms with Crippen molar-refractivity contribution in [2.45, 2.75) is 13.8 Å². The standard InChI is InChI=1S/C11H14BrNO4/c1-7(2)5-13-10(14)6-16-11(15)8-3-4-9(12)17-8/h3-4,7H,5-6H2,1-2H3,(H,13,14). The van der Waals surface area contributed by atoms with Crippen LogP contribution in [-0.2, 0) is 9.53 Å². The van der Waals surface area contributed by atoms with Gasteiger partial charge in [0.2, 0.25) is 5.76 Å². The van der Waals surface area contributed by atoms with Gasteiger partial charge in [-0.2, -0.15) is 0 Å². The quantitative estimate of drug-likeness (QED) is 0.845. The van der Waals surface area contributed by atoms with E-state index < -0.39 is 5.97 Å². The van der Waals surface area contributed by atoms with Crippen molar-refractivity contribution in [2.75, 3.05) is 13.2 Å². The van der Waals surface area contributed by atoms with Gasteiger partial charge >= 0.3 is 5.97 Å². The van der Waals surface area contributed by atoms with E-state index in [0.29, 0.717) is 17.1 Å². The summed E-state index contributed by atoms with van der Waals surface area (Å²) in [4.78, 5) is 22.6. The van der Waals surface area contributed by atoms with Crippen molar-refractivity contribution < 1.29 is 18.7 Å². The molecule has 0 radical (unpaired) electrons. The smallest absolute Gasteiger partial charge is 0.374 e. The summed E-state index contributed by atoms with van der Waals surface area (Å²) in [6.45, 7) is 4.21. The summed E-state index contributed by atoms with van der Waals surface area (Å²) in [5, 5.41) is 2.64. The number of rotatable bonds is 5. The van der Waals surface area contributed by atoms with E-state index in [1.807, 2.05) is 13.8 Å². The molecule has 1 aromatic heterocycles. The normalized spacial score (nSPS) is 10.4. The Morgan fingerprint density at radius 3 is 2.71 bits per heavy atom. The number of esters is 1. The fraction of sp³-hybridized carbons (Fsp3) is 0.455. The SMILES string of the molecule is CC(C)CNC(=O)COC(=O)c1ccc(Br)o1. The summed E-state index contributed by atoms with van der Waals surface area (Å²) >= 11 is 3.07. The van der Waals surface area contributed by atoms with Crippen LogP contribution in [0.4, 0.5) is 0 Å². The van der Waals surface area contributed by atoms with Gasteiger partial charge in [0.25, 0.3) is 5.91 Å². The molecule has 1 aromatic rings. The van der Waals surface area contributed by atoms with Gasteiger partial charge in [0.05, 0.1) is 0 Å². The zero-order valence-electron chi connectivity index (χ0n) is 9.66. The molecule has 0 fully saturated rings. The van der Waals surface area contributed by atoms with Crippen LogP contribution in [0.3, 0.4) is 0 Å². The zero-order chi connectivity index (χ0) is 12.8. The average Bonchev–Trinajstić information content (AvgIpc) is 2.70. The first kappa shape index (κ1) is 13.8. The molecule has 0 atom stereocenters. The van der Waals surface area contributed by atoms with Gasteiger partial charge in [-0.15, -0.1) is 0 Å². The fourth-order valence-corrected chi connectivity index (χ4v) is 1.30. The molecule has 17 heavy (non-hydrogen) atoms. The molecule has 1 rings (SSSR count). The van der Waals surface area contributed by atoms with Crippen molar-refractivity contribution in [1.29, 1.82) is 0 Å². The Kier molecular flexibility index (Phi) is 5.21. The van der Waals surface area contributed by atoms with E-state index in [1.54, 1.807) is 6.07 Å².